The van der Waals surface area contributed by atoms with Gasteiger partial charge >= 0.3 is 0 Å². The lowest BCUT2D eigenvalue weighted by Gasteiger charge is -2.34. The molecule has 136 valence electrons. The molecular weight excluding hydrogens is 352 g/mol. The second-order valence-electron chi connectivity index (χ2n) is 6.56. The first-order valence-electron chi connectivity index (χ1n) is 8.85. The van der Waals surface area contributed by atoms with Crippen molar-refractivity contribution in [2.45, 2.75) is 6.42 Å². The number of rotatable bonds is 4. The average Bonchev–Trinajstić information content (AvgIpc) is 3.16. The highest BCUT2D eigenvalue weighted by Gasteiger charge is 2.25. The van der Waals surface area contributed by atoms with Gasteiger partial charge in [0.15, 0.2) is 11.5 Å². The average molecular weight is 373 g/mol. The summed E-state index contributed by atoms with van der Waals surface area (Å²) >= 11 is 6.20. The molecule has 0 bridgehead atoms. The van der Waals surface area contributed by atoms with Crippen molar-refractivity contribution in [1.82, 2.24) is 9.80 Å². The van der Waals surface area contributed by atoms with E-state index in [1.807, 2.05) is 11.0 Å². The van der Waals surface area contributed by atoms with Crippen LogP contribution in [0.2, 0.25) is 5.02 Å². The summed E-state index contributed by atoms with van der Waals surface area (Å²) in [5, 5.41) is 0.421. The second kappa shape index (κ2) is 7.56. The van der Waals surface area contributed by atoms with Gasteiger partial charge in [0.2, 0.25) is 6.79 Å². The monoisotopic (exact) mass is 372 g/mol. The van der Waals surface area contributed by atoms with Gasteiger partial charge in [-0.05, 0) is 24.1 Å². The number of hydrogen-bond donors (Lipinski definition) is 0. The Bertz CT molecular complexity index is 789. The zero-order valence-electron chi connectivity index (χ0n) is 14.5. The van der Waals surface area contributed by atoms with E-state index in [0.29, 0.717) is 22.1 Å². The van der Waals surface area contributed by atoms with Crippen LogP contribution in [0.4, 0.5) is 0 Å². The Morgan fingerprint density at radius 2 is 1.81 bits per heavy atom. The topological polar surface area (TPSA) is 42.0 Å². The lowest BCUT2D eigenvalue weighted by atomic mass is 10.1. The molecule has 2 aromatic carbocycles. The van der Waals surface area contributed by atoms with E-state index in [4.69, 9.17) is 21.1 Å². The number of ether oxygens (including phenoxy) is 2. The van der Waals surface area contributed by atoms with E-state index in [-0.39, 0.29) is 12.7 Å². The molecule has 0 atom stereocenters. The van der Waals surface area contributed by atoms with Crippen molar-refractivity contribution in [2.24, 2.45) is 0 Å². The molecule has 0 radical (unpaired) electrons. The number of halogens is 1. The fourth-order valence-electron chi connectivity index (χ4n) is 3.38. The molecule has 26 heavy (non-hydrogen) atoms. The van der Waals surface area contributed by atoms with E-state index in [0.717, 1.165) is 39.1 Å². The zero-order valence-corrected chi connectivity index (χ0v) is 15.2. The van der Waals surface area contributed by atoms with E-state index in [2.05, 4.69) is 29.2 Å². The Balaban J connectivity index is 1.33. The number of carbonyl (C=O) groups is 1. The molecule has 0 unspecified atom stereocenters. The quantitative estimate of drug-likeness (QED) is 0.827. The lowest BCUT2D eigenvalue weighted by molar-refractivity contribution is 0.0638. The molecule has 1 amide bonds. The van der Waals surface area contributed by atoms with Gasteiger partial charge in [-0.3, -0.25) is 9.69 Å². The molecule has 0 spiro atoms. The molecule has 5 nitrogen and oxygen atoms in total. The SMILES string of the molecule is O=C(c1cc(Cl)c2c(c1)OCO2)N1CCN(CCc2ccccc2)CC1. The van der Waals surface area contributed by atoms with E-state index >= 15 is 0 Å². The molecule has 0 saturated carbocycles. The van der Waals surface area contributed by atoms with Crippen LogP contribution >= 0.6 is 11.6 Å². The van der Waals surface area contributed by atoms with Crippen molar-refractivity contribution >= 4 is 17.5 Å². The van der Waals surface area contributed by atoms with Gasteiger partial charge in [-0.25, -0.2) is 0 Å². The van der Waals surface area contributed by atoms with Crippen LogP contribution in [0.25, 0.3) is 0 Å². The molecule has 2 aliphatic heterocycles. The van der Waals surface area contributed by atoms with Gasteiger partial charge in [-0.2, -0.15) is 0 Å². The number of nitrogens with zero attached hydrogens (tertiary/aromatic N) is 2. The number of fused-ring (bicyclic) bond motifs is 1. The van der Waals surface area contributed by atoms with Gasteiger partial charge in [0.25, 0.3) is 5.91 Å². The largest absolute Gasteiger partial charge is 0.454 e. The van der Waals surface area contributed by atoms with Crippen molar-refractivity contribution in [1.29, 1.82) is 0 Å². The highest BCUT2D eigenvalue weighted by atomic mass is 35.5. The van der Waals surface area contributed by atoms with Crippen LogP contribution in [-0.4, -0.2) is 55.2 Å². The minimum atomic E-state index is -0.00657. The predicted molar refractivity (Wildman–Crippen MR) is 100 cm³/mol. The van der Waals surface area contributed by atoms with Gasteiger partial charge in [-0.1, -0.05) is 41.9 Å². The van der Waals surface area contributed by atoms with Gasteiger partial charge in [0, 0.05) is 38.3 Å². The molecule has 1 fully saturated rings. The molecule has 0 N–H and O–H groups in total. The summed E-state index contributed by atoms with van der Waals surface area (Å²) in [6.07, 6.45) is 1.03. The van der Waals surface area contributed by atoms with Crippen molar-refractivity contribution in [2.75, 3.05) is 39.5 Å². The van der Waals surface area contributed by atoms with Crippen LogP contribution in [0.15, 0.2) is 42.5 Å². The third kappa shape index (κ3) is 3.64. The minimum absolute atomic E-state index is 0.00657. The molecule has 2 aliphatic rings. The van der Waals surface area contributed by atoms with Crippen LogP contribution in [0, 0.1) is 0 Å². The first-order valence-corrected chi connectivity index (χ1v) is 9.23. The zero-order chi connectivity index (χ0) is 17.9. The van der Waals surface area contributed by atoms with Crippen molar-refractivity contribution < 1.29 is 14.3 Å². The maximum Gasteiger partial charge on any atom is 0.254 e. The molecular formula is C20H21ClN2O3. The molecule has 2 aromatic rings. The standard InChI is InChI=1S/C20H21ClN2O3/c21-17-12-16(13-18-19(17)26-14-25-18)20(24)23-10-8-22(9-11-23)7-6-15-4-2-1-3-5-15/h1-5,12-13H,6-11,14H2. The molecule has 6 heteroatoms. The van der Waals surface area contributed by atoms with E-state index in [9.17, 15) is 4.79 Å². The summed E-state index contributed by atoms with van der Waals surface area (Å²) in [6, 6.07) is 13.9. The molecule has 2 heterocycles. The fourth-order valence-corrected chi connectivity index (χ4v) is 3.65. The number of hydrogen-bond acceptors (Lipinski definition) is 4. The number of carbonyl (C=O) groups excluding carboxylic acids is 1. The highest BCUT2D eigenvalue weighted by molar-refractivity contribution is 6.32. The summed E-state index contributed by atoms with van der Waals surface area (Å²) in [4.78, 5) is 17.1. The van der Waals surface area contributed by atoms with Crippen LogP contribution in [-0.2, 0) is 6.42 Å². The fraction of sp³-hybridized carbons (Fsp3) is 0.350. The van der Waals surface area contributed by atoms with E-state index in [1.165, 1.54) is 5.56 Å². The minimum Gasteiger partial charge on any atom is -0.454 e. The number of amides is 1. The Morgan fingerprint density at radius 1 is 1.04 bits per heavy atom. The normalized spacial score (nSPS) is 16.7. The van der Waals surface area contributed by atoms with Crippen LogP contribution in [0.5, 0.6) is 11.5 Å². The van der Waals surface area contributed by atoms with Crippen molar-refractivity contribution in [3.63, 3.8) is 0 Å². The van der Waals surface area contributed by atoms with E-state index < -0.39 is 0 Å². The Kier molecular flexibility index (Phi) is 5.00. The third-order valence-corrected chi connectivity index (χ3v) is 5.17. The Labute approximate surface area is 158 Å². The van der Waals surface area contributed by atoms with Gasteiger partial charge in [0.1, 0.15) is 0 Å². The lowest BCUT2D eigenvalue weighted by Crippen LogP contribution is -2.49. The molecule has 0 aromatic heterocycles. The second-order valence-corrected chi connectivity index (χ2v) is 6.97. The Hall–Kier alpha value is -2.24. The van der Waals surface area contributed by atoms with Gasteiger partial charge in [0.05, 0.1) is 5.02 Å². The molecule has 1 saturated heterocycles. The third-order valence-electron chi connectivity index (χ3n) is 4.89. The number of benzene rings is 2. The van der Waals surface area contributed by atoms with E-state index in [1.54, 1.807) is 12.1 Å². The van der Waals surface area contributed by atoms with Crippen molar-refractivity contribution in [3.05, 3.63) is 58.6 Å². The van der Waals surface area contributed by atoms with Crippen LogP contribution in [0.1, 0.15) is 15.9 Å². The first-order chi connectivity index (χ1) is 12.7. The summed E-state index contributed by atoms with van der Waals surface area (Å²) in [5.41, 5.74) is 1.90. The van der Waals surface area contributed by atoms with Crippen LogP contribution < -0.4 is 9.47 Å². The number of piperazine rings is 1. The summed E-state index contributed by atoms with van der Waals surface area (Å²) in [5.74, 6) is 1.06. The Morgan fingerprint density at radius 3 is 2.58 bits per heavy atom. The molecule has 4 rings (SSSR count). The first kappa shape index (κ1) is 17.2. The smallest absolute Gasteiger partial charge is 0.254 e. The summed E-state index contributed by atoms with van der Waals surface area (Å²) in [6.45, 7) is 4.38. The van der Waals surface area contributed by atoms with Crippen molar-refractivity contribution in [3.8, 4) is 11.5 Å². The highest BCUT2D eigenvalue weighted by Crippen LogP contribution is 2.40. The van der Waals surface area contributed by atoms with Crippen LogP contribution in [0.3, 0.4) is 0 Å². The maximum absolute atomic E-state index is 12.8. The van der Waals surface area contributed by atoms with Gasteiger partial charge in [-0.15, -0.1) is 0 Å². The maximum atomic E-state index is 12.8. The van der Waals surface area contributed by atoms with Gasteiger partial charge < -0.3 is 14.4 Å². The molecule has 0 aliphatic carbocycles. The predicted octanol–water partition coefficient (Wildman–Crippen LogP) is 3.07. The summed E-state index contributed by atoms with van der Waals surface area (Å²) in [7, 11) is 0. The summed E-state index contributed by atoms with van der Waals surface area (Å²) < 4.78 is 10.7.